The fourth-order valence-corrected chi connectivity index (χ4v) is 2.83. The van der Waals surface area contributed by atoms with E-state index in [1.54, 1.807) is 0 Å². The SMILES string of the molecule is Nc1cccc(CC(=O)N(CC2CCOC2)C2CC2)c1. The molecule has 1 heterocycles. The molecule has 1 saturated heterocycles. The van der Waals surface area contributed by atoms with E-state index in [9.17, 15) is 4.79 Å². The fraction of sp³-hybridized carbons (Fsp3) is 0.562. The molecule has 4 heteroatoms. The highest BCUT2D eigenvalue weighted by Gasteiger charge is 2.34. The van der Waals surface area contributed by atoms with Gasteiger partial charge in [0.1, 0.15) is 0 Å². The van der Waals surface area contributed by atoms with Gasteiger partial charge in [-0.05, 0) is 37.0 Å². The Hall–Kier alpha value is -1.55. The number of hydrogen-bond acceptors (Lipinski definition) is 3. The summed E-state index contributed by atoms with van der Waals surface area (Å²) >= 11 is 0. The van der Waals surface area contributed by atoms with Crippen LogP contribution in [-0.2, 0) is 16.0 Å². The molecule has 1 unspecified atom stereocenters. The van der Waals surface area contributed by atoms with E-state index >= 15 is 0 Å². The van der Waals surface area contributed by atoms with Crippen LogP contribution >= 0.6 is 0 Å². The molecule has 1 saturated carbocycles. The number of benzene rings is 1. The van der Waals surface area contributed by atoms with Gasteiger partial charge in [0, 0.05) is 30.8 Å². The topological polar surface area (TPSA) is 55.6 Å². The summed E-state index contributed by atoms with van der Waals surface area (Å²) in [6.45, 7) is 2.49. The lowest BCUT2D eigenvalue weighted by Crippen LogP contribution is -2.38. The third-order valence-electron chi connectivity index (χ3n) is 4.09. The van der Waals surface area contributed by atoms with Crippen molar-refractivity contribution in [3.8, 4) is 0 Å². The van der Waals surface area contributed by atoms with Crippen molar-refractivity contribution >= 4 is 11.6 Å². The predicted molar refractivity (Wildman–Crippen MR) is 78.2 cm³/mol. The van der Waals surface area contributed by atoms with Gasteiger partial charge in [0.05, 0.1) is 13.0 Å². The van der Waals surface area contributed by atoms with Crippen LogP contribution in [0.3, 0.4) is 0 Å². The van der Waals surface area contributed by atoms with Crippen molar-refractivity contribution in [2.75, 3.05) is 25.5 Å². The Morgan fingerprint density at radius 1 is 1.35 bits per heavy atom. The zero-order chi connectivity index (χ0) is 13.9. The average molecular weight is 274 g/mol. The molecule has 0 radical (unpaired) electrons. The molecule has 20 heavy (non-hydrogen) atoms. The summed E-state index contributed by atoms with van der Waals surface area (Å²) in [6.07, 6.45) is 3.83. The van der Waals surface area contributed by atoms with Crippen molar-refractivity contribution in [1.82, 2.24) is 4.90 Å². The zero-order valence-electron chi connectivity index (χ0n) is 11.8. The van der Waals surface area contributed by atoms with Crippen molar-refractivity contribution in [1.29, 1.82) is 0 Å². The van der Waals surface area contributed by atoms with Crippen molar-refractivity contribution < 1.29 is 9.53 Å². The highest BCUT2D eigenvalue weighted by molar-refractivity contribution is 5.79. The summed E-state index contributed by atoms with van der Waals surface area (Å²) in [5, 5.41) is 0. The zero-order valence-corrected chi connectivity index (χ0v) is 11.8. The smallest absolute Gasteiger partial charge is 0.227 e. The highest BCUT2D eigenvalue weighted by Crippen LogP contribution is 2.29. The number of nitrogen functional groups attached to an aromatic ring is 1. The van der Waals surface area contributed by atoms with Crippen LogP contribution in [0.1, 0.15) is 24.8 Å². The maximum atomic E-state index is 12.5. The number of hydrogen-bond donors (Lipinski definition) is 1. The first kappa shape index (κ1) is 13.4. The van der Waals surface area contributed by atoms with Crippen LogP contribution < -0.4 is 5.73 Å². The lowest BCUT2D eigenvalue weighted by Gasteiger charge is -2.25. The van der Waals surface area contributed by atoms with Gasteiger partial charge in [-0.1, -0.05) is 12.1 Å². The van der Waals surface area contributed by atoms with Gasteiger partial charge in [-0.25, -0.2) is 0 Å². The second-order valence-corrected chi connectivity index (χ2v) is 5.93. The number of ether oxygens (including phenoxy) is 1. The minimum atomic E-state index is 0.227. The van der Waals surface area contributed by atoms with E-state index in [1.165, 1.54) is 0 Å². The molecule has 1 atom stereocenters. The van der Waals surface area contributed by atoms with Crippen molar-refractivity contribution in [3.05, 3.63) is 29.8 Å². The monoisotopic (exact) mass is 274 g/mol. The molecule has 1 aliphatic heterocycles. The molecule has 1 amide bonds. The van der Waals surface area contributed by atoms with Gasteiger partial charge in [-0.15, -0.1) is 0 Å². The van der Waals surface area contributed by atoms with Crippen LogP contribution in [0, 0.1) is 5.92 Å². The van der Waals surface area contributed by atoms with E-state index < -0.39 is 0 Å². The van der Waals surface area contributed by atoms with Crippen LogP contribution in [0.25, 0.3) is 0 Å². The fourth-order valence-electron chi connectivity index (χ4n) is 2.83. The Morgan fingerprint density at radius 2 is 2.20 bits per heavy atom. The van der Waals surface area contributed by atoms with Gasteiger partial charge in [0.15, 0.2) is 0 Å². The lowest BCUT2D eigenvalue weighted by atomic mass is 10.1. The summed E-state index contributed by atoms with van der Waals surface area (Å²) in [5.74, 6) is 0.741. The summed E-state index contributed by atoms with van der Waals surface area (Å²) in [5.41, 5.74) is 7.50. The van der Waals surface area contributed by atoms with E-state index in [-0.39, 0.29) is 5.91 Å². The van der Waals surface area contributed by atoms with Gasteiger partial charge in [0.25, 0.3) is 0 Å². The second kappa shape index (κ2) is 5.83. The summed E-state index contributed by atoms with van der Waals surface area (Å²) in [7, 11) is 0. The van der Waals surface area contributed by atoms with Gasteiger partial charge in [-0.3, -0.25) is 4.79 Å². The Labute approximate surface area is 119 Å². The maximum Gasteiger partial charge on any atom is 0.227 e. The first-order valence-corrected chi connectivity index (χ1v) is 7.44. The van der Waals surface area contributed by atoms with Crippen LogP contribution in [0.4, 0.5) is 5.69 Å². The molecule has 1 aromatic carbocycles. The molecule has 0 bridgehead atoms. The molecule has 0 aromatic heterocycles. The third kappa shape index (κ3) is 3.31. The Kier molecular flexibility index (Phi) is 3.92. The van der Waals surface area contributed by atoms with Crippen LogP contribution in [0.5, 0.6) is 0 Å². The number of rotatable bonds is 5. The van der Waals surface area contributed by atoms with Gasteiger partial charge in [-0.2, -0.15) is 0 Å². The van der Waals surface area contributed by atoms with Crippen LogP contribution in [0.2, 0.25) is 0 Å². The quantitative estimate of drug-likeness (QED) is 0.834. The molecule has 3 rings (SSSR count). The van der Waals surface area contributed by atoms with E-state index in [1.807, 2.05) is 24.3 Å². The molecule has 1 aliphatic carbocycles. The molecule has 1 aromatic rings. The second-order valence-electron chi connectivity index (χ2n) is 5.93. The first-order valence-electron chi connectivity index (χ1n) is 7.44. The number of anilines is 1. The van der Waals surface area contributed by atoms with E-state index in [2.05, 4.69) is 4.90 Å². The Balaban J connectivity index is 1.63. The lowest BCUT2D eigenvalue weighted by molar-refractivity contribution is -0.131. The molecule has 2 fully saturated rings. The molecule has 2 N–H and O–H groups in total. The van der Waals surface area contributed by atoms with Crippen LogP contribution in [-0.4, -0.2) is 36.6 Å². The van der Waals surface area contributed by atoms with E-state index in [0.717, 1.165) is 50.3 Å². The minimum absolute atomic E-state index is 0.227. The predicted octanol–water partition coefficient (Wildman–Crippen LogP) is 1.84. The third-order valence-corrected chi connectivity index (χ3v) is 4.09. The standard InChI is InChI=1S/C16H22N2O2/c17-14-3-1-2-12(8-14)9-16(19)18(15-4-5-15)10-13-6-7-20-11-13/h1-3,8,13,15H,4-7,9-11,17H2. The summed E-state index contributed by atoms with van der Waals surface area (Å²) < 4.78 is 5.42. The maximum absolute atomic E-state index is 12.5. The number of amides is 1. The largest absolute Gasteiger partial charge is 0.399 e. The molecular weight excluding hydrogens is 252 g/mol. The van der Waals surface area contributed by atoms with Crippen LogP contribution in [0.15, 0.2) is 24.3 Å². The normalized spacial score (nSPS) is 21.9. The molecular formula is C16H22N2O2. The summed E-state index contributed by atoms with van der Waals surface area (Å²) in [4.78, 5) is 14.6. The number of carbonyl (C=O) groups is 1. The minimum Gasteiger partial charge on any atom is -0.399 e. The van der Waals surface area contributed by atoms with Gasteiger partial charge >= 0.3 is 0 Å². The summed E-state index contributed by atoms with van der Waals surface area (Å²) in [6, 6.07) is 8.08. The first-order chi connectivity index (χ1) is 9.72. The highest BCUT2D eigenvalue weighted by atomic mass is 16.5. The average Bonchev–Trinajstić information content (AvgIpc) is 3.12. The number of carbonyl (C=O) groups excluding carboxylic acids is 1. The van der Waals surface area contributed by atoms with Gasteiger partial charge < -0.3 is 15.4 Å². The molecule has 2 aliphatic rings. The van der Waals surface area contributed by atoms with Crippen molar-refractivity contribution in [2.24, 2.45) is 5.92 Å². The Bertz CT molecular complexity index is 479. The van der Waals surface area contributed by atoms with Crippen molar-refractivity contribution in [3.63, 3.8) is 0 Å². The number of nitrogens with zero attached hydrogens (tertiary/aromatic N) is 1. The molecule has 0 spiro atoms. The Morgan fingerprint density at radius 3 is 2.85 bits per heavy atom. The molecule has 4 nitrogen and oxygen atoms in total. The van der Waals surface area contributed by atoms with E-state index in [0.29, 0.717) is 18.4 Å². The molecule has 108 valence electrons. The van der Waals surface area contributed by atoms with Gasteiger partial charge in [0.2, 0.25) is 5.91 Å². The number of nitrogens with two attached hydrogens (primary N) is 1. The van der Waals surface area contributed by atoms with Crippen molar-refractivity contribution in [2.45, 2.75) is 31.7 Å². The van der Waals surface area contributed by atoms with E-state index in [4.69, 9.17) is 10.5 Å².